The molecule has 0 radical (unpaired) electrons. The second-order valence-electron chi connectivity index (χ2n) is 3.80. The van der Waals surface area contributed by atoms with Crippen molar-refractivity contribution < 1.29 is 9.53 Å². The lowest BCUT2D eigenvalue weighted by Crippen LogP contribution is -2.20. The molecular weight excluding hydrogens is 244 g/mol. The van der Waals surface area contributed by atoms with E-state index in [1.54, 1.807) is 13.2 Å². The summed E-state index contributed by atoms with van der Waals surface area (Å²) in [4.78, 5) is 19.6. The van der Waals surface area contributed by atoms with Gasteiger partial charge >= 0.3 is 0 Å². The van der Waals surface area contributed by atoms with E-state index in [9.17, 15) is 4.79 Å². The van der Waals surface area contributed by atoms with Gasteiger partial charge in [0, 0.05) is 12.6 Å². The molecule has 1 amide bonds. The van der Waals surface area contributed by atoms with Crippen LogP contribution < -0.4 is 15.8 Å². The van der Waals surface area contributed by atoms with Crippen LogP contribution in [0.3, 0.4) is 0 Å². The molecule has 1 aromatic heterocycles. The number of carbonyl (C=O) groups is 1. The molecular formula is C13H14N4O2. The molecule has 98 valence electrons. The van der Waals surface area contributed by atoms with Crippen molar-refractivity contribution in [1.29, 1.82) is 0 Å². The van der Waals surface area contributed by atoms with Crippen LogP contribution in [0.1, 0.15) is 10.5 Å². The first-order valence-electron chi connectivity index (χ1n) is 5.65. The number of nitrogens with one attached hydrogen (secondary N) is 1. The quantitative estimate of drug-likeness (QED) is 0.860. The number of nitrogens with zero attached hydrogens (tertiary/aromatic N) is 2. The van der Waals surface area contributed by atoms with Gasteiger partial charge < -0.3 is 15.8 Å². The minimum atomic E-state index is -0.302. The number of nitrogen functional groups attached to an aromatic ring is 1. The summed E-state index contributed by atoms with van der Waals surface area (Å²) in [7, 11) is 3.13. The van der Waals surface area contributed by atoms with Gasteiger partial charge in [0.25, 0.3) is 5.91 Å². The number of carbonyl (C=O) groups excluding carboxylic acids is 1. The number of hydrogen-bond donors (Lipinski definition) is 2. The van der Waals surface area contributed by atoms with Crippen molar-refractivity contribution in [2.75, 3.05) is 19.9 Å². The highest BCUT2D eigenvalue weighted by molar-refractivity contribution is 5.93. The van der Waals surface area contributed by atoms with E-state index < -0.39 is 0 Å². The molecule has 0 aliphatic rings. The molecule has 0 bridgehead atoms. The van der Waals surface area contributed by atoms with E-state index >= 15 is 0 Å². The van der Waals surface area contributed by atoms with Crippen LogP contribution in [0.25, 0.3) is 11.3 Å². The maximum Gasteiger partial charge on any atom is 0.269 e. The standard InChI is InChI=1S/C13H14N4O2/c1-15-12(18)11-7-10(16-13(14)17-11)8-3-5-9(19-2)6-4-8/h3-7H,1-2H3,(H,15,18)(H2,14,16,17). The van der Waals surface area contributed by atoms with E-state index in [0.717, 1.165) is 11.3 Å². The number of benzene rings is 1. The Hall–Kier alpha value is -2.63. The first-order valence-corrected chi connectivity index (χ1v) is 5.65. The van der Waals surface area contributed by atoms with Gasteiger partial charge in [-0.1, -0.05) is 0 Å². The monoisotopic (exact) mass is 258 g/mol. The topological polar surface area (TPSA) is 90.1 Å². The number of anilines is 1. The molecule has 1 heterocycles. The summed E-state index contributed by atoms with van der Waals surface area (Å²) in [5, 5.41) is 2.50. The van der Waals surface area contributed by atoms with Gasteiger partial charge in [-0.2, -0.15) is 0 Å². The van der Waals surface area contributed by atoms with Crippen molar-refractivity contribution in [3.8, 4) is 17.0 Å². The first kappa shape index (κ1) is 12.8. The first-order chi connectivity index (χ1) is 9.13. The van der Waals surface area contributed by atoms with E-state index in [2.05, 4.69) is 15.3 Å². The molecule has 2 aromatic rings. The molecule has 0 spiro atoms. The van der Waals surface area contributed by atoms with E-state index in [-0.39, 0.29) is 17.5 Å². The number of ether oxygens (including phenoxy) is 1. The largest absolute Gasteiger partial charge is 0.497 e. The highest BCUT2D eigenvalue weighted by Crippen LogP contribution is 2.21. The summed E-state index contributed by atoms with van der Waals surface area (Å²) >= 11 is 0. The van der Waals surface area contributed by atoms with Gasteiger partial charge in [0.15, 0.2) is 0 Å². The number of nitrogens with two attached hydrogens (primary N) is 1. The number of methoxy groups -OCH3 is 1. The Kier molecular flexibility index (Phi) is 3.61. The van der Waals surface area contributed by atoms with Crippen molar-refractivity contribution in [3.05, 3.63) is 36.0 Å². The van der Waals surface area contributed by atoms with E-state index in [1.807, 2.05) is 24.3 Å². The van der Waals surface area contributed by atoms with Crippen molar-refractivity contribution in [2.45, 2.75) is 0 Å². The maximum atomic E-state index is 11.6. The average molecular weight is 258 g/mol. The third-order valence-corrected chi connectivity index (χ3v) is 2.59. The number of aromatic nitrogens is 2. The molecule has 0 fully saturated rings. The third kappa shape index (κ3) is 2.79. The zero-order valence-electron chi connectivity index (χ0n) is 10.7. The number of hydrogen-bond acceptors (Lipinski definition) is 5. The normalized spacial score (nSPS) is 10.0. The molecule has 2 rings (SSSR count). The molecule has 6 nitrogen and oxygen atoms in total. The van der Waals surface area contributed by atoms with E-state index in [0.29, 0.717) is 5.69 Å². The Labute approximate surface area is 110 Å². The van der Waals surface area contributed by atoms with Crippen LogP contribution in [0.2, 0.25) is 0 Å². The molecule has 0 aliphatic heterocycles. The molecule has 0 unspecified atom stereocenters. The highest BCUT2D eigenvalue weighted by atomic mass is 16.5. The summed E-state index contributed by atoms with van der Waals surface area (Å²) in [5.41, 5.74) is 7.28. The predicted octanol–water partition coefficient (Wildman–Crippen LogP) is 1.09. The summed E-state index contributed by atoms with van der Waals surface area (Å²) in [5.74, 6) is 0.507. The van der Waals surface area contributed by atoms with Crippen LogP contribution >= 0.6 is 0 Å². The lowest BCUT2D eigenvalue weighted by molar-refractivity contribution is 0.0958. The smallest absolute Gasteiger partial charge is 0.269 e. The minimum Gasteiger partial charge on any atom is -0.497 e. The fourth-order valence-corrected chi connectivity index (χ4v) is 1.62. The Bertz CT molecular complexity index is 596. The number of rotatable bonds is 3. The van der Waals surface area contributed by atoms with Crippen LogP contribution in [0.15, 0.2) is 30.3 Å². The molecule has 1 aromatic carbocycles. The summed E-state index contributed by atoms with van der Waals surface area (Å²) in [6, 6.07) is 8.90. The second kappa shape index (κ2) is 5.34. The van der Waals surface area contributed by atoms with Crippen LogP contribution in [-0.2, 0) is 0 Å². The molecule has 19 heavy (non-hydrogen) atoms. The van der Waals surface area contributed by atoms with Crippen LogP contribution in [0, 0.1) is 0 Å². The summed E-state index contributed by atoms with van der Waals surface area (Å²) < 4.78 is 5.09. The van der Waals surface area contributed by atoms with Gasteiger partial charge in [-0.3, -0.25) is 4.79 Å². The van der Waals surface area contributed by atoms with Crippen molar-refractivity contribution in [1.82, 2.24) is 15.3 Å². The predicted molar refractivity (Wildman–Crippen MR) is 71.8 cm³/mol. The lowest BCUT2D eigenvalue weighted by atomic mass is 10.1. The van der Waals surface area contributed by atoms with Crippen molar-refractivity contribution in [2.24, 2.45) is 0 Å². The zero-order chi connectivity index (χ0) is 13.8. The van der Waals surface area contributed by atoms with Gasteiger partial charge in [-0.25, -0.2) is 9.97 Å². The van der Waals surface area contributed by atoms with Crippen molar-refractivity contribution >= 4 is 11.9 Å². The molecule has 0 atom stereocenters. The fourth-order valence-electron chi connectivity index (χ4n) is 1.62. The Morgan fingerprint density at radius 3 is 2.53 bits per heavy atom. The fraction of sp³-hybridized carbons (Fsp3) is 0.154. The van der Waals surface area contributed by atoms with Crippen LogP contribution in [-0.4, -0.2) is 30.0 Å². The summed E-state index contributed by atoms with van der Waals surface area (Å²) in [6.07, 6.45) is 0. The molecule has 3 N–H and O–H groups in total. The van der Waals surface area contributed by atoms with E-state index in [1.165, 1.54) is 7.05 Å². The van der Waals surface area contributed by atoms with Gasteiger partial charge in [0.2, 0.25) is 5.95 Å². The Balaban J connectivity index is 2.43. The molecule has 0 aliphatic carbocycles. The summed E-state index contributed by atoms with van der Waals surface area (Å²) in [6.45, 7) is 0. The highest BCUT2D eigenvalue weighted by Gasteiger charge is 2.10. The molecule has 0 saturated carbocycles. The van der Waals surface area contributed by atoms with Gasteiger partial charge in [0.1, 0.15) is 11.4 Å². The zero-order valence-corrected chi connectivity index (χ0v) is 10.7. The average Bonchev–Trinajstić information content (AvgIpc) is 2.45. The van der Waals surface area contributed by atoms with Crippen LogP contribution in [0.5, 0.6) is 5.75 Å². The van der Waals surface area contributed by atoms with E-state index in [4.69, 9.17) is 10.5 Å². The molecule has 0 saturated heterocycles. The lowest BCUT2D eigenvalue weighted by Gasteiger charge is -2.06. The number of amides is 1. The van der Waals surface area contributed by atoms with Crippen molar-refractivity contribution in [3.63, 3.8) is 0 Å². The maximum absolute atomic E-state index is 11.6. The third-order valence-electron chi connectivity index (χ3n) is 2.59. The van der Waals surface area contributed by atoms with Gasteiger partial charge in [-0.05, 0) is 30.3 Å². The van der Waals surface area contributed by atoms with Gasteiger partial charge in [0.05, 0.1) is 12.8 Å². The Morgan fingerprint density at radius 2 is 1.95 bits per heavy atom. The molecule has 6 heteroatoms. The second-order valence-corrected chi connectivity index (χ2v) is 3.80. The van der Waals surface area contributed by atoms with Gasteiger partial charge in [-0.15, -0.1) is 0 Å². The minimum absolute atomic E-state index is 0.0620. The van der Waals surface area contributed by atoms with Crippen LogP contribution in [0.4, 0.5) is 5.95 Å². The Morgan fingerprint density at radius 1 is 1.26 bits per heavy atom. The SMILES string of the molecule is CNC(=O)c1cc(-c2ccc(OC)cc2)nc(N)n1.